The predicted octanol–water partition coefficient (Wildman–Crippen LogP) is 2.29. The molecule has 0 aliphatic carbocycles. The molecule has 1 aliphatic rings. The molecule has 84 valence electrons. The first-order valence-electron chi connectivity index (χ1n) is 5.83. The van der Waals surface area contributed by atoms with Crippen LogP contribution in [0.25, 0.3) is 0 Å². The number of hydrogen-bond donors (Lipinski definition) is 1. The van der Waals surface area contributed by atoms with E-state index in [2.05, 4.69) is 12.2 Å². The lowest BCUT2D eigenvalue weighted by atomic mass is 10.1. The number of hydrogen-bond acceptors (Lipinski definition) is 3. The molecule has 1 aliphatic heterocycles. The molecule has 0 spiro atoms. The summed E-state index contributed by atoms with van der Waals surface area (Å²) >= 11 is 2.02. The Balaban J connectivity index is 1.82. The van der Waals surface area contributed by atoms with Gasteiger partial charge >= 0.3 is 0 Å². The van der Waals surface area contributed by atoms with Gasteiger partial charge in [-0.05, 0) is 43.7 Å². The van der Waals surface area contributed by atoms with E-state index in [-0.39, 0.29) is 0 Å². The minimum Gasteiger partial charge on any atom is -0.377 e. The standard InChI is InChI=1S/C11H23NOS/c1-2-14-9-5-7-12-10-11-6-3-4-8-13-11/h11-12H,2-10H2,1H3. The highest BCUT2D eigenvalue weighted by atomic mass is 32.2. The van der Waals surface area contributed by atoms with Crippen molar-refractivity contribution >= 4 is 11.8 Å². The summed E-state index contributed by atoms with van der Waals surface area (Å²) in [6, 6.07) is 0. The van der Waals surface area contributed by atoms with Gasteiger partial charge in [0.2, 0.25) is 0 Å². The van der Waals surface area contributed by atoms with Crippen molar-refractivity contribution in [2.24, 2.45) is 0 Å². The third-order valence-corrected chi connectivity index (χ3v) is 3.48. The first-order chi connectivity index (χ1) is 6.93. The van der Waals surface area contributed by atoms with Crippen molar-refractivity contribution in [3.63, 3.8) is 0 Å². The van der Waals surface area contributed by atoms with Crippen molar-refractivity contribution < 1.29 is 4.74 Å². The summed E-state index contributed by atoms with van der Waals surface area (Å²) < 4.78 is 5.64. The van der Waals surface area contributed by atoms with Gasteiger partial charge in [0.05, 0.1) is 6.10 Å². The maximum Gasteiger partial charge on any atom is 0.0699 e. The van der Waals surface area contributed by atoms with Gasteiger partial charge in [-0.3, -0.25) is 0 Å². The van der Waals surface area contributed by atoms with E-state index in [1.54, 1.807) is 0 Å². The highest BCUT2D eigenvalue weighted by Crippen LogP contribution is 2.11. The first kappa shape index (κ1) is 12.3. The van der Waals surface area contributed by atoms with Crippen LogP contribution in [0.15, 0.2) is 0 Å². The SMILES string of the molecule is CCSCCCNCC1CCCCO1. The zero-order valence-electron chi connectivity index (χ0n) is 9.26. The molecule has 1 fully saturated rings. The van der Waals surface area contributed by atoms with Crippen LogP contribution in [-0.4, -0.2) is 37.3 Å². The van der Waals surface area contributed by atoms with Crippen molar-refractivity contribution in [2.75, 3.05) is 31.2 Å². The molecule has 0 radical (unpaired) electrons. The van der Waals surface area contributed by atoms with Gasteiger partial charge in [-0.2, -0.15) is 11.8 Å². The number of ether oxygens (including phenoxy) is 1. The molecule has 1 rings (SSSR count). The van der Waals surface area contributed by atoms with E-state index in [4.69, 9.17) is 4.74 Å². The summed E-state index contributed by atoms with van der Waals surface area (Å²) in [4.78, 5) is 0. The van der Waals surface area contributed by atoms with Gasteiger partial charge in [-0.25, -0.2) is 0 Å². The lowest BCUT2D eigenvalue weighted by Crippen LogP contribution is -2.32. The minimum absolute atomic E-state index is 0.488. The van der Waals surface area contributed by atoms with Crippen LogP contribution >= 0.6 is 11.8 Å². The van der Waals surface area contributed by atoms with Crippen molar-refractivity contribution in [3.05, 3.63) is 0 Å². The number of nitrogens with one attached hydrogen (secondary N) is 1. The van der Waals surface area contributed by atoms with Crippen LogP contribution in [0.5, 0.6) is 0 Å². The molecule has 14 heavy (non-hydrogen) atoms. The van der Waals surface area contributed by atoms with Crippen molar-refractivity contribution in [1.29, 1.82) is 0 Å². The Hall–Kier alpha value is 0.270. The fraction of sp³-hybridized carbons (Fsp3) is 1.00. The van der Waals surface area contributed by atoms with Crippen LogP contribution in [0.3, 0.4) is 0 Å². The Morgan fingerprint density at radius 2 is 2.36 bits per heavy atom. The van der Waals surface area contributed by atoms with E-state index in [0.717, 1.165) is 19.7 Å². The van der Waals surface area contributed by atoms with Gasteiger partial charge in [0.1, 0.15) is 0 Å². The average molecular weight is 217 g/mol. The third kappa shape index (κ3) is 5.89. The molecule has 0 aromatic rings. The molecule has 0 aromatic heterocycles. The van der Waals surface area contributed by atoms with Crippen molar-refractivity contribution in [1.82, 2.24) is 5.32 Å². The van der Waals surface area contributed by atoms with E-state index >= 15 is 0 Å². The monoisotopic (exact) mass is 217 g/mol. The van der Waals surface area contributed by atoms with Crippen molar-refractivity contribution in [2.45, 2.75) is 38.7 Å². The highest BCUT2D eigenvalue weighted by molar-refractivity contribution is 7.99. The molecule has 0 amide bonds. The normalized spacial score (nSPS) is 22.5. The second-order valence-corrected chi connectivity index (χ2v) is 5.14. The molecular weight excluding hydrogens is 194 g/mol. The van der Waals surface area contributed by atoms with Crippen LogP contribution in [-0.2, 0) is 4.74 Å². The fourth-order valence-electron chi connectivity index (χ4n) is 1.68. The molecule has 1 saturated heterocycles. The third-order valence-electron chi connectivity index (χ3n) is 2.49. The van der Waals surface area contributed by atoms with Crippen molar-refractivity contribution in [3.8, 4) is 0 Å². The Bertz CT molecular complexity index is 126. The van der Waals surface area contributed by atoms with Crippen LogP contribution < -0.4 is 5.32 Å². The lowest BCUT2D eigenvalue weighted by molar-refractivity contribution is 0.0171. The van der Waals surface area contributed by atoms with Gasteiger partial charge in [0.25, 0.3) is 0 Å². The maximum atomic E-state index is 5.64. The topological polar surface area (TPSA) is 21.3 Å². The predicted molar refractivity (Wildman–Crippen MR) is 64.1 cm³/mol. The summed E-state index contributed by atoms with van der Waals surface area (Å²) in [6.07, 6.45) is 5.62. The van der Waals surface area contributed by atoms with E-state index in [1.165, 1.54) is 37.2 Å². The second kappa shape index (κ2) is 8.57. The Morgan fingerprint density at radius 1 is 1.43 bits per heavy atom. The first-order valence-corrected chi connectivity index (χ1v) is 6.99. The molecule has 0 saturated carbocycles. The van der Waals surface area contributed by atoms with Crippen LogP contribution in [0.2, 0.25) is 0 Å². The summed E-state index contributed by atoms with van der Waals surface area (Å²) in [5, 5.41) is 3.48. The zero-order valence-corrected chi connectivity index (χ0v) is 10.1. The summed E-state index contributed by atoms with van der Waals surface area (Å²) in [7, 11) is 0. The van der Waals surface area contributed by atoms with E-state index in [9.17, 15) is 0 Å². The molecule has 0 aromatic carbocycles. The highest BCUT2D eigenvalue weighted by Gasteiger charge is 2.12. The van der Waals surface area contributed by atoms with Gasteiger partial charge in [-0.1, -0.05) is 6.92 Å². The van der Waals surface area contributed by atoms with Crippen LogP contribution in [0, 0.1) is 0 Å². The molecule has 1 heterocycles. The average Bonchev–Trinajstić information content (AvgIpc) is 2.25. The molecule has 1 N–H and O–H groups in total. The fourth-order valence-corrected chi connectivity index (χ4v) is 2.31. The molecular formula is C11H23NOS. The number of thioether (sulfide) groups is 1. The second-order valence-electron chi connectivity index (χ2n) is 3.74. The van der Waals surface area contributed by atoms with Crippen LogP contribution in [0.1, 0.15) is 32.6 Å². The largest absolute Gasteiger partial charge is 0.377 e. The maximum absolute atomic E-state index is 5.64. The zero-order chi connectivity index (χ0) is 10.1. The Labute approximate surface area is 92.2 Å². The van der Waals surface area contributed by atoms with Crippen LogP contribution in [0.4, 0.5) is 0 Å². The van der Waals surface area contributed by atoms with Gasteiger partial charge < -0.3 is 10.1 Å². The van der Waals surface area contributed by atoms with Gasteiger partial charge in [0.15, 0.2) is 0 Å². The Kier molecular flexibility index (Phi) is 7.55. The lowest BCUT2D eigenvalue weighted by Gasteiger charge is -2.22. The van der Waals surface area contributed by atoms with Gasteiger partial charge in [0, 0.05) is 13.2 Å². The smallest absolute Gasteiger partial charge is 0.0699 e. The molecule has 1 unspecified atom stereocenters. The summed E-state index contributed by atoms with van der Waals surface area (Å²) in [5.74, 6) is 2.53. The Morgan fingerprint density at radius 3 is 3.07 bits per heavy atom. The van der Waals surface area contributed by atoms with E-state index in [1.807, 2.05) is 11.8 Å². The molecule has 3 heteroatoms. The van der Waals surface area contributed by atoms with E-state index in [0.29, 0.717) is 6.10 Å². The summed E-state index contributed by atoms with van der Waals surface area (Å²) in [5.41, 5.74) is 0. The summed E-state index contributed by atoms with van der Waals surface area (Å²) in [6.45, 7) is 5.38. The minimum atomic E-state index is 0.488. The number of rotatable bonds is 7. The molecule has 1 atom stereocenters. The quantitative estimate of drug-likeness (QED) is 0.661. The van der Waals surface area contributed by atoms with Gasteiger partial charge in [-0.15, -0.1) is 0 Å². The molecule has 2 nitrogen and oxygen atoms in total. The molecule has 0 bridgehead atoms. The van der Waals surface area contributed by atoms with E-state index < -0.39 is 0 Å².